The number of carbonyl (C=O) groups is 2. The van der Waals surface area contributed by atoms with Crippen molar-refractivity contribution in [3.63, 3.8) is 0 Å². The van der Waals surface area contributed by atoms with E-state index in [0.717, 1.165) is 4.47 Å². The van der Waals surface area contributed by atoms with Crippen LogP contribution in [0.1, 0.15) is 10.4 Å². The van der Waals surface area contributed by atoms with Gasteiger partial charge in [-0.15, -0.1) is 0 Å². The highest BCUT2D eigenvalue weighted by Crippen LogP contribution is 2.18. The Morgan fingerprint density at radius 1 is 1.14 bits per heavy atom. The van der Waals surface area contributed by atoms with Gasteiger partial charge in [0.15, 0.2) is 6.61 Å². The molecule has 2 rings (SSSR count). The quantitative estimate of drug-likeness (QED) is 0.828. The second-order valence-corrected chi connectivity index (χ2v) is 5.27. The zero-order valence-corrected chi connectivity index (χ0v) is 13.4. The summed E-state index contributed by atoms with van der Waals surface area (Å²) in [6.45, 7) is -0.201. The molecule has 0 radical (unpaired) electrons. The van der Waals surface area contributed by atoms with E-state index in [1.54, 1.807) is 36.4 Å². The lowest BCUT2D eigenvalue weighted by Gasteiger charge is -2.08. The molecular formula is C16H14BrNO4. The second kappa shape index (κ2) is 7.61. The number of hydrogen-bond donors (Lipinski definition) is 1. The number of halogens is 1. The van der Waals surface area contributed by atoms with Gasteiger partial charge in [-0.2, -0.15) is 0 Å². The van der Waals surface area contributed by atoms with Crippen LogP contribution in [-0.4, -0.2) is 25.6 Å². The molecule has 6 heteroatoms. The average molecular weight is 364 g/mol. The topological polar surface area (TPSA) is 64.6 Å². The number of benzene rings is 2. The van der Waals surface area contributed by atoms with Gasteiger partial charge in [0.25, 0.3) is 5.91 Å². The maximum Gasteiger partial charge on any atom is 0.343 e. The Labute approximate surface area is 136 Å². The Morgan fingerprint density at radius 2 is 1.91 bits per heavy atom. The van der Waals surface area contributed by atoms with E-state index in [-0.39, 0.29) is 12.5 Å². The van der Waals surface area contributed by atoms with Gasteiger partial charge in [-0.1, -0.05) is 28.1 Å². The maximum atomic E-state index is 12.2. The highest BCUT2D eigenvalue weighted by Gasteiger charge is 2.08. The van der Waals surface area contributed by atoms with Gasteiger partial charge < -0.3 is 14.8 Å². The smallest absolute Gasteiger partial charge is 0.343 e. The molecule has 114 valence electrons. The molecule has 0 bridgehead atoms. The Kier molecular flexibility index (Phi) is 5.55. The molecule has 5 nitrogen and oxygen atoms in total. The minimum absolute atomic E-state index is 0.201. The van der Waals surface area contributed by atoms with E-state index in [2.05, 4.69) is 26.0 Å². The molecule has 1 N–H and O–H groups in total. The number of amides is 1. The molecule has 0 heterocycles. The molecule has 0 spiro atoms. The summed E-state index contributed by atoms with van der Waals surface area (Å²) in [6, 6.07) is 13.9. The van der Waals surface area contributed by atoms with Crippen LogP contribution in [0, 0.1) is 0 Å². The zero-order valence-electron chi connectivity index (χ0n) is 11.8. The summed E-state index contributed by atoms with van der Waals surface area (Å²) in [5, 5.41) is 2.79. The maximum absolute atomic E-state index is 12.2. The van der Waals surface area contributed by atoms with Crippen molar-refractivity contribution >= 4 is 33.5 Å². The Hall–Kier alpha value is -2.34. The van der Waals surface area contributed by atoms with Gasteiger partial charge >= 0.3 is 5.97 Å². The normalized spacial score (nSPS) is 9.91. The lowest BCUT2D eigenvalue weighted by Crippen LogP contribution is -2.14. The predicted octanol–water partition coefficient (Wildman–Crippen LogP) is 3.25. The molecule has 0 saturated carbocycles. The van der Waals surface area contributed by atoms with Crippen LogP contribution < -0.4 is 10.1 Å². The van der Waals surface area contributed by atoms with Crippen LogP contribution in [0.4, 0.5) is 5.69 Å². The first-order chi connectivity index (χ1) is 10.6. The Morgan fingerprint density at radius 3 is 2.64 bits per heavy atom. The molecule has 0 aliphatic carbocycles. The van der Waals surface area contributed by atoms with Gasteiger partial charge in [0.05, 0.1) is 7.11 Å². The van der Waals surface area contributed by atoms with Crippen LogP contribution in [0.3, 0.4) is 0 Å². The Bertz CT molecular complexity index is 687. The van der Waals surface area contributed by atoms with Crippen molar-refractivity contribution < 1.29 is 19.1 Å². The third-order valence-electron chi connectivity index (χ3n) is 2.76. The van der Waals surface area contributed by atoms with Crippen molar-refractivity contribution in [1.29, 1.82) is 0 Å². The fraction of sp³-hybridized carbons (Fsp3) is 0.125. The highest BCUT2D eigenvalue weighted by atomic mass is 79.9. The van der Waals surface area contributed by atoms with E-state index in [4.69, 9.17) is 4.74 Å². The molecule has 2 aromatic carbocycles. The molecule has 22 heavy (non-hydrogen) atoms. The lowest BCUT2D eigenvalue weighted by molar-refractivity contribution is -0.142. The first-order valence-electron chi connectivity index (χ1n) is 6.45. The molecule has 0 saturated heterocycles. The van der Waals surface area contributed by atoms with Crippen LogP contribution >= 0.6 is 15.9 Å². The molecule has 1 amide bonds. The van der Waals surface area contributed by atoms with Gasteiger partial charge in [0.1, 0.15) is 5.75 Å². The predicted molar refractivity (Wildman–Crippen MR) is 86.0 cm³/mol. The Balaban J connectivity index is 2.05. The largest absolute Gasteiger partial charge is 0.482 e. The second-order valence-electron chi connectivity index (χ2n) is 4.36. The van der Waals surface area contributed by atoms with E-state index in [0.29, 0.717) is 17.0 Å². The summed E-state index contributed by atoms with van der Waals surface area (Å²) >= 11 is 3.35. The molecular weight excluding hydrogens is 350 g/mol. The van der Waals surface area contributed by atoms with E-state index in [1.807, 2.05) is 12.1 Å². The van der Waals surface area contributed by atoms with Gasteiger partial charge in [-0.05, 0) is 36.4 Å². The van der Waals surface area contributed by atoms with Crippen LogP contribution in [0.15, 0.2) is 53.0 Å². The van der Waals surface area contributed by atoms with Crippen molar-refractivity contribution in [2.45, 2.75) is 0 Å². The van der Waals surface area contributed by atoms with Crippen molar-refractivity contribution in [1.82, 2.24) is 0 Å². The highest BCUT2D eigenvalue weighted by molar-refractivity contribution is 9.10. The number of hydrogen-bond acceptors (Lipinski definition) is 4. The molecule has 0 unspecified atom stereocenters. The van der Waals surface area contributed by atoms with Crippen molar-refractivity contribution in [3.05, 3.63) is 58.6 Å². The van der Waals surface area contributed by atoms with E-state index in [9.17, 15) is 9.59 Å². The third kappa shape index (κ3) is 4.60. The number of carbonyl (C=O) groups excluding carboxylic acids is 2. The molecule has 0 aliphatic rings. The first-order valence-corrected chi connectivity index (χ1v) is 7.24. The van der Waals surface area contributed by atoms with Gasteiger partial charge in [-0.25, -0.2) is 4.79 Å². The summed E-state index contributed by atoms with van der Waals surface area (Å²) in [6.07, 6.45) is 0. The van der Waals surface area contributed by atoms with E-state index in [1.165, 1.54) is 7.11 Å². The van der Waals surface area contributed by atoms with E-state index >= 15 is 0 Å². The number of nitrogens with one attached hydrogen (secondary N) is 1. The number of methoxy groups -OCH3 is 1. The molecule has 0 aliphatic heterocycles. The van der Waals surface area contributed by atoms with Crippen molar-refractivity contribution in [3.8, 4) is 5.75 Å². The van der Waals surface area contributed by atoms with Gasteiger partial charge in [-0.3, -0.25) is 4.79 Å². The summed E-state index contributed by atoms with van der Waals surface area (Å²) in [7, 11) is 1.29. The van der Waals surface area contributed by atoms with Crippen LogP contribution in [0.5, 0.6) is 5.75 Å². The first kappa shape index (κ1) is 16.0. The number of anilines is 1. The molecule has 0 aromatic heterocycles. The number of rotatable bonds is 5. The summed E-state index contributed by atoms with van der Waals surface area (Å²) in [5.41, 5.74) is 1.11. The lowest BCUT2D eigenvalue weighted by atomic mass is 10.2. The monoisotopic (exact) mass is 363 g/mol. The molecule has 2 aromatic rings. The number of ether oxygens (including phenoxy) is 2. The zero-order chi connectivity index (χ0) is 15.9. The summed E-state index contributed by atoms with van der Waals surface area (Å²) < 4.78 is 10.6. The minimum Gasteiger partial charge on any atom is -0.482 e. The van der Waals surface area contributed by atoms with Crippen LogP contribution in [0.25, 0.3) is 0 Å². The van der Waals surface area contributed by atoms with Gasteiger partial charge in [0.2, 0.25) is 0 Å². The van der Waals surface area contributed by atoms with Crippen molar-refractivity contribution in [2.24, 2.45) is 0 Å². The van der Waals surface area contributed by atoms with Crippen LogP contribution in [0.2, 0.25) is 0 Å². The van der Waals surface area contributed by atoms with Gasteiger partial charge in [0, 0.05) is 15.7 Å². The molecule has 0 fully saturated rings. The summed E-state index contributed by atoms with van der Waals surface area (Å²) in [4.78, 5) is 23.2. The van der Waals surface area contributed by atoms with E-state index < -0.39 is 5.97 Å². The SMILES string of the molecule is COC(=O)COc1cccc(C(=O)Nc2cccc(Br)c2)c1. The standard InChI is InChI=1S/C16H14BrNO4/c1-21-15(19)10-22-14-7-2-4-11(8-14)16(20)18-13-6-3-5-12(17)9-13/h2-9H,10H2,1H3,(H,18,20). The number of esters is 1. The molecule has 0 atom stereocenters. The van der Waals surface area contributed by atoms with Crippen LogP contribution in [-0.2, 0) is 9.53 Å². The average Bonchev–Trinajstić information content (AvgIpc) is 2.53. The fourth-order valence-corrected chi connectivity index (χ4v) is 2.10. The fourth-order valence-electron chi connectivity index (χ4n) is 1.70. The third-order valence-corrected chi connectivity index (χ3v) is 3.26. The van der Waals surface area contributed by atoms with Crippen molar-refractivity contribution in [2.75, 3.05) is 19.0 Å². The minimum atomic E-state index is -0.482. The summed E-state index contributed by atoms with van der Waals surface area (Å²) in [5.74, 6) is -0.321.